The quantitative estimate of drug-likeness (QED) is 0.805. The summed E-state index contributed by atoms with van der Waals surface area (Å²) in [4.78, 5) is 15.9. The number of aryl methyl sites for hydroxylation is 1. The van der Waals surface area contributed by atoms with Crippen LogP contribution in [0, 0.1) is 0 Å². The van der Waals surface area contributed by atoms with E-state index >= 15 is 0 Å². The first-order valence-corrected chi connectivity index (χ1v) is 8.48. The summed E-state index contributed by atoms with van der Waals surface area (Å²) >= 11 is 1.45. The Hall–Kier alpha value is -0.990. The first kappa shape index (κ1) is 16.1. The van der Waals surface area contributed by atoms with Crippen LogP contribution in [0.4, 0.5) is 0 Å². The number of nitrogens with zero attached hydrogens (tertiary/aromatic N) is 2. The molecule has 0 spiro atoms. The lowest BCUT2D eigenvalue weighted by Crippen LogP contribution is -2.34. The Morgan fingerprint density at radius 3 is 2.74 bits per heavy atom. The number of nitrogens with one attached hydrogen (secondary N) is 1. The van der Waals surface area contributed by atoms with Crippen LogP contribution in [0.25, 0.3) is 0 Å². The van der Waals surface area contributed by atoms with E-state index in [-0.39, 0.29) is 18.2 Å². The Kier molecular flexibility index (Phi) is 5.89. The van der Waals surface area contributed by atoms with Gasteiger partial charge in [0.05, 0.1) is 10.8 Å². The number of sulfonamides is 1. The van der Waals surface area contributed by atoms with Crippen molar-refractivity contribution < 1.29 is 13.2 Å². The van der Waals surface area contributed by atoms with E-state index in [1.807, 2.05) is 6.92 Å². The molecular weight excluding hydrogens is 286 g/mol. The minimum absolute atomic E-state index is 0.0833. The molecule has 1 amide bonds. The Bertz CT molecular complexity index is 523. The van der Waals surface area contributed by atoms with Crippen LogP contribution in [0.2, 0.25) is 0 Å². The molecule has 1 aromatic rings. The SMILES string of the molecule is CCCc1nc(C(=O)NCCS(=O)(=O)N(C)C)cs1. The summed E-state index contributed by atoms with van der Waals surface area (Å²) in [5, 5.41) is 5.18. The van der Waals surface area contributed by atoms with Crippen molar-refractivity contribution in [1.82, 2.24) is 14.6 Å². The lowest BCUT2D eigenvalue weighted by atomic mass is 10.3. The molecule has 0 fully saturated rings. The van der Waals surface area contributed by atoms with Crippen molar-refractivity contribution in [1.29, 1.82) is 0 Å². The Morgan fingerprint density at radius 2 is 2.16 bits per heavy atom. The zero-order chi connectivity index (χ0) is 14.5. The van der Waals surface area contributed by atoms with Gasteiger partial charge in [0, 0.05) is 26.0 Å². The summed E-state index contributed by atoms with van der Waals surface area (Å²) in [6.07, 6.45) is 1.84. The average molecular weight is 305 g/mol. The molecule has 0 radical (unpaired) electrons. The zero-order valence-corrected chi connectivity index (χ0v) is 13.0. The van der Waals surface area contributed by atoms with Gasteiger partial charge in [0.2, 0.25) is 10.0 Å². The minimum atomic E-state index is -3.28. The van der Waals surface area contributed by atoms with Gasteiger partial charge in [-0.2, -0.15) is 0 Å². The third-order valence-electron chi connectivity index (χ3n) is 2.45. The smallest absolute Gasteiger partial charge is 0.270 e. The van der Waals surface area contributed by atoms with Gasteiger partial charge in [0.25, 0.3) is 5.91 Å². The van der Waals surface area contributed by atoms with Gasteiger partial charge in [-0.05, 0) is 12.8 Å². The van der Waals surface area contributed by atoms with Crippen LogP contribution in [0.15, 0.2) is 5.38 Å². The highest BCUT2D eigenvalue weighted by molar-refractivity contribution is 7.89. The average Bonchev–Trinajstić information content (AvgIpc) is 2.77. The largest absolute Gasteiger partial charge is 0.350 e. The molecule has 108 valence electrons. The van der Waals surface area contributed by atoms with Crippen molar-refractivity contribution in [2.24, 2.45) is 0 Å². The lowest BCUT2D eigenvalue weighted by Gasteiger charge is -2.11. The highest BCUT2D eigenvalue weighted by atomic mass is 32.2. The molecular formula is C11H19N3O3S2. The number of carbonyl (C=O) groups excluding carboxylic acids is 1. The molecule has 8 heteroatoms. The van der Waals surface area contributed by atoms with Gasteiger partial charge in [0.15, 0.2) is 0 Å². The van der Waals surface area contributed by atoms with E-state index in [0.717, 1.165) is 22.2 Å². The standard InChI is InChI=1S/C11H19N3O3S2/c1-4-5-10-13-9(8-18-10)11(15)12-6-7-19(16,17)14(2)3/h8H,4-7H2,1-3H3,(H,12,15). The van der Waals surface area contributed by atoms with Crippen LogP contribution in [0.5, 0.6) is 0 Å². The van der Waals surface area contributed by atoms with E-state index in [9.17, 15) is 13.2 Å². The number of amides is 1. The monoisotopic (exact) mass is 305 g/mol. The second-order valence-corrected chi connectivity index (χ2v) is 7.48. The fourth-order valence-electron chi connectivity index (χ4n) is 1.31. The van der Waals surface area contributed by atoms with Gasteiger partial charge in [-0.15, -0.1) is 11.3 Å². The van der Waals surface area contributed by atoms with Crippen molar-refractivity contribution >= 4 is 27.3 Å². The van der Waals surface area contributed by atoms with E-state index in [2.05, 4.69) is 10.3 Å². The van der Waals surface area contributed by atoms with Crippen molar-refractivity contribution in [2.45, 2.75) is 19.8 Å². The molecule has 0 unspecified atom stereocenters. The molecule has 0 aliphatic rings. The van der Waals surface area contributed by atoms with Crippen LogP contribution >= 0.6 is 11.3 Å². The summed E-state index contributed by atoms with van der Waals surface area (Å²) in [6, 6.07) is 0. The minimum Gasteiger partial charge on any atom is -0.350 e. The number of hydrogen-bond donors (Lipinski definition) is 1. The summed E-state index contributed by atoms with van der Waals surface area (Å²) in [5.41, 5.74) is 0.357. The third kappa shape index (κ3) is 4.88. The van der Waals surface area contributed by atoms with Gasteiger partial charge in [0.1, 0.15) is 5.69 Å². The second kappa shape index (κ2) is 6.97. The first-order chi connectivity index (χ1) is 8.86. The molecule has 1 heterocycles. The Morgan fingerprint density at radius 1 is 1.47 bits per heavy atom. The van der Waals surface area contributed by atoms with Crippen molar-refractivity contribution in [3.8, 4) is 0 Å². The second-order valence-electron chi connectivity index (χ2n) is 4.23. The molecule has 0 aliphatic heterocycles. The number of rotatable bonds is 7. The summed E-state index contributed by atoms with van der Waals surface area (Å²) in [5.74, 6) is -0.440. The maximum absolute atomic E-state index is 11.7. The maximum Gasteiger partial charge on any atom is 0.270 e. The predicted molar refractivity (Wildman–Crippen MR) is 75.9 cm³/mol. The van der Waals surface area contributed by atoms with Crippen molar-refractivity contribution in [3.63, 3.8) is 0 Å². The topological polar surface area (TPSA) is 79.4 Å². The van der Waals surface area contributed by atoms with Gasteiger partial charge in [-0.3, -0.25) is 4.79 Å². The van der Waals surface area contributed by atoms with Crippen LogP contribution in [0.1, 0.15) is 28.8 Å². The Labute approximate surface area is 117 Å². The van der Waals surface area contributed by atoms with E-state index in [0.29, 0.717) is 5.69 Å². The molecule has 0 aliphatic carbocycles. The van der Waals surface area contributed by atoms with Gasteiger partial charge >= 0.3 is 0 Å². The fraction of sp³-hybridized carbons (Fsp3) is 0.636. The van der Waals surface area contributed by atoms with E-state index in [4.69, 9.17) is 0 Å². The molecule has 1 N–H and O–H groups in total. The molecule has 1 rings (SSSR count). The first-order valence-electron chi connectivity index (χ1n) is 5.99. The van der Waals surface area contributed by atoms with Crippen LogP contribution in [-0.4, -0.2) is 50.0 Å². The number of hydrogen-bond acceptors (Lipinski definition) is 5. The van der Waals surface area contributed by atoms with E-state index in [1.54, 1.807) is 5.38 Å². The van der Waals surface area contributed by atoms with Gasteiger partial charge in [-0.25, -0.2) is 17.7 Å². The van der Waals surface area contributed by atoms with Gasteiger partial charge in [-0.1, -0.05) is 6.92 Å². The fourth-order valence-corrected chi connectivity index (χ4v) is 2.92. The molecule has 0 aromatic carbocycles. The van der Waals surface area contributed by atoms with Crippen LogP contribution in [0.3, 0.4) is 0 Å². The highest BCUT2D eigenvalue weighted by Crippen LogP contribution is 2.11. The number of carbonyl (C=O) groups is 1. The molecule has 0 atom stereocenters. The molecule has 19 heavy (non-hydrogen) atoms. The molecule has 6 nitrogen and oxygen atoms in total. The van der Waals surface area contributed by atoms with Crippen LogP contribution < -0.4 is 5.32 Å². The van der Waals surface area contributed by atoms with Crippen molar-refractivity contribution in [3.05, 3.63) is 16.1 Å². The predicted octanol–water partition coefficient (Wildman–Crippen LogP) is 0.717. The number of thiazole rings is 1. The van der Waals surface area contributed by atoms with Crippen LogP contribution in [-0.2, 0) is 16.4 Å². The number of aromatic nitrogens is 1. The van der Waals surface area contributed by atoms with Gasteiger partial charge < -0.3 is 5.32 Å². The van der Waals surface area contributed by atoms with E-state index in [1.165, 1.54) is 25.4 Å². The highest BCUT2D eigenvalue weighted by Gasteiger charge is 2.15. The zero-order valence-electron chi connectivity index (χ0n) is 11.3. The summed E-state index contributed by atoms with van der Waals surface area (Å²) in [6.45, 7) is 2.13. The molecule has 1 aromatic heterocycles. The summed E-state index contributed by atoms with van der Waals surface area (Å²) in [7, 11) is -0.345. The normalized spacial score (nSPS) is 11.8. The van der Waals surface area contributed by atoms with E-state index < -0.39 is 10.0 Å². The Balaban J connectivity index is 2.47. The molecule has 0 saturated heterocycles. The van der Waals surface area contributed by atoms with Crippen molar-refractivity contribution in [2.75, 3.05) is 26.4 Å². The maximum atomic E-state index is 11.7. The third-order valence-corrected chi connectivity index (χ3v) is 5.19. The lowest BCUT2D eigenvalue weighted by molar-refractivity contribution is 0.0951. The molecule has 0 saturated carbocycles. The summed E-state index contributed by atoms with van der Waals surface area (Å²) < 4.78 is 24.1. The molecule has 0 bridgehead atoms.